The maximum Gasteiger partial charge on any atom is 0.271 e. The van der Waals surface area contributed by atoms with Gasteiger partial charge in [0.05, 0.1) is 20.5 Å². The summed E-state index contributed by atoms with van der Waals surface area (Å²) >= 11 is 11.9. The first-order valence-corrected chi connectivity index (χ1v) is 7.17. The van der Waals surface area contributed by atoms with Gasteiger partial charge in [0.1, 0.15) is 0 Å². The second-order valence-corrected chi connectivity index (χ2v) is 6.12. The lowest BCUT2D eigenvalue weighted by Crippen LogP contribution is -2.37. The van der Waals surface area contributed by atoms with Crippen molar-refractivity contribution in [1.82, 2.24) is 4.90 Å². The number of fused-ring (bicyclic) bond motifs is 2. The van der Waals surface area contributed by atoms with E-state index in [2.05, 4.69) is 0 Å². The van der Waals surface area contributed by atoms with Crippen LogP contribution in [0.2, 0.25) is 10.0 Å². The van der Waals surface area contributed by atoms with Crippen LogP contribution in [-0.2, 0) is 0 Å². The molecule has 2 fully saturated rings. The standard InChI is InChI=1S/C13H12Cl2N2O3/c14-11-5-9(17(19)20)4-10(12(11)15)13(18)16-6-7-1-2-8(16)3-7/h4-5,7-8H,1-3,6H2. The molecule has 1 saturated heterocycles. The van der Waals surface area contributed by atoms with Crippen molar-refractivity contribution >= 4 is 34.8 Å². The Morgan fingerprint density at radius 2 is 2.10 bits per heavy atom. The fourth-order valence-electron chi connectivity index (χ4n) is 3.16. The van der Waals surface area contributed by atoms with Crippen LogP contribution in [0.15, 0.2) is 12.1 Å². The first-order chi connectivity index (χ1) is 9.47. The summed E-state index contributed by atoms with van der Waals surface area (Å²) < 4.78 is 0. The second kappa shape index (κ2) is 4.90. The zero-order valence-corrected chi connectivity index (χ0v) is 12.0. The third kappa shape index (κ3) is 2.15. The lowest BCUT2D eigenvalue weighted by Gasteiger charge is -2.27. The van der Waals surface area contributed by atoms with E-state index in [1.807, 2.05) is 0 Å². The lowest BCUT2D eigenvalue weighted by molar-refractivity contribution is -0.384. The molecule has 1 saturated carbocycles. The Morgan fingerprint density at radius 3 is 2.65 bits per heavy atom. The number of nitro benzene ring substituents is 1. The average molecular weight is 315 g/mol. The number of likely N-dealkylation sites (tertiary alicyclic amines) is 1. The Labute approximate surface area is 125 Å². The molecule has 1 aromatic rings. The van der Waals surface area contributed by atoms with Gasteiger partial charge in [0.15, 0.2) is 0 Å². The summed E-state index contributed by atoms with van der Waals surface area (Å²) in [6.07, 6.45) is 3.17. The van der Waals surface area contributed by atoms with Crippen molar-refractivity contribution in [1.29, 1.82) is 0 Å². The van der Waals surface area contributed by atoms with Gasteiger partial charge in [0, 0.05) is 24.7 Å². The molecule has 2 atom stereocenters. The molecule has 3 rings (SSSR count). The third-order valence-electron chi connectivity index (χ3n) is 4.12. The fourth-order valence-corrected chi connectivity index (χ4v) is 3.57. The van der Waals surface area contributed by atoms with Crippen LogP contribution in [0.4, 0.5) is 5.69 Å². The van der Waals surface area contributed by atoms with Crippen molar-refractivity contribution in [3.63, 3.8) is 0 Å². The summed E-state index contributed by atoms with van der Waals surface area (Å²) in [5.41, 5.74) is -0.0921. The maximum absolute atomic E-state index is 12.5. The third-order valence-corrected chi connectivity index (χ3v) is 4.93. The minimum atomic E-state index is -0.574. The Hall–Kier alpha value is -1.33. The number of amides is 1. The van der Waals surface area contributed by atoms with Crippen molar-refractivity contribution < 1.29 is 9.72 Å². The highest BCUT2D eigenvalue weighted by Crippen LogP contribution is 2.40. The van der Waals surface area contributed by atoms with Gasteiger partial charge in [-0.15, -0.1) is 0 Å². The first-order valence-electron chi connectivity index (χ1n) is 6.41. The molecular weight excluding hydrogens is 303 g/mol. The van der Waals surface area contributed by atoms with Gasteiger partial charge >= 0.3 is 0 Å². The number of carbonyl (C=O) groups is 1. The van der Waals surface area contributed by atoms with Gasteiger partial charge in [-0.1, -0.05) is 23.2 Å². The van der Waals surface area contributed by atoms with Gasteiger partial charge in [0.25, 0.3) is 11.6 Å². The molecule has 0 N–H and O–H groups in total. The Bertz CT molecular complexity index is 606. The average Bonchev–Trinajstić information content (AvgIpc) is 3.03. The Kier molecular flexibility index (Phi) is 3.34. The molecule has 1 aliphatic carbocycles. The minimum absolute atomic E-state index is 0.0357. The van der Waals surface area contributed by atoms with Crippen LogP contribution in [0.3, 0.4) is 0 Å². The van der Waals surface area contributed by atoms with Crippen molar-refractivity contribution in [2.24, 2.45) is 5.92 Å². The van der Waals surface area contributed by atoms with Gasteiger partial charge in [-0.3, -0.25) is 14.9 Å². The summed E-state index contributed by atoms with van der Waals surface area (Å²) in [6, 6.07) is 2.61. The molecule has 5 nitrogen and oxygen atoms in total. The van der Waals surface area contributed by atoms with Gasteiger partial charge in [-0.05, 0) is 25.2 Å². The summed E-state index contributed by atoms with van der Waals surface area (Å²) in [5, 5.41) is 11.0. The Balaban J connectivity index is 1.97. The van der Waals surface area contributed by atoms with E-state index in [1.165, 1.54) is 6.07 Å². The normalized spacial score (nSPS) is 24.2. The van der Waals surface area contributed by atoms with E-state index in [9.17, 15) is 14.9 Å². The van der Waals surface area contributed by atoms with E-state index in [-0.39, 0.29) is 33.2 Å². The summed E-state index contributed by atoms with van der Waals surface area (Å²) in [6.45, 7) is 0.708. The SMILES string of the molecule is O=C(c1cc([N+](=O)[O-])cc(Cl)c1Cl)N1CC2CCC1C2. The number of halogens is 2. The molecule has 20 heavy (non-hydrogen) atoms. The first kappa shape index (κ1) is 13.6. The molecule has 1 amide bonds. The highest BCUT2D eigenvalue weighted by molar-refractivity contribution is 6.44. The monoisotopic (exact) mass is 314 g/mol. The largest absolute Gasteiger partial charge is 0.335 e. The summed E-state index contributed by atoms with van der Waals surface area (Å²) in [4.78, 5) is 24.6. The number of non-ortho nitro benzene ring substituents is 1. The van der Waals surface area contributed by atoms with Crippen LogP contribution < -0.4 is 0 Å². The zero-order valence-electron chi connectivity index (χ0n) is 10.5. The molecular formula is C13H12Cl2N2O3. The van der Waals surface area contributed by atoms with Crippen LogP contribution in [-0.4, -0.2) is 28.3 Å². The molecule has 106 valence electrons. The smallest absolute Gasteiger partial charge is 0.271 e. The zero-order chi connectivity index (χ0) is 14.4. The molecule has 2 bridgehead atoms. The quantitative estimate of drug-likeness (QED) is 0.619. The van der Waals surface area contributed by atoms with Crippen LogP contribution in [0.25, 0.3) is 0 Å². The van der Waals surface area contributed by atoms with Gasteiger partial charge in [-0.2, -0.15) is 0 Å². The highest BCUT2D eigenvalue weighted by atomic mass is 35.5. The topological polar surface area (TPSA) is 63.4 Å². The number of nitro groups is 1. The van der Waals surface area contributed by atoms with Gasteiger partial charge < -0.3 is 4.90 Å². The number of carbonyl (C=O) groups excluding carboxylic acids is 1. The molecule has 2 aliphatic rings. The van der Waals surface area contributed by atoms with Gasteiger partial charge in [0.2, 0.25) is 0 Å². The molecule has 0 aromatic heterocycles. The van der Waals surface area contributed by atoms with Crippen LogP contribution >= 0.6 is 23.2 Å². The minimum Gasteiger partial charge on any atom is -0.335 e. The second-order valence-electron chi connectivity index (χ2n) is 5.34. The number of hydrogen-bond donors (Lipinski definition) is 0. The fraction of sp³-hybridized carbons (Fsp3) is 0.462. The molecule has 2 unspecified atom stereocenters. The van der Waals surface area contributed by atoms with Crippen LogP contribution in [0, 0.1) is 16.0 Å². The molecule has 1 aliphatic heterocycles. The number of nitrogens with zero attached hydrogens (tertiary/aromatic N) is 2. The lowest BCUT2D eigenvalue weighted by atomic mass is 10.1. The van der Waals surface area contributed by atoms with E-state index in [0.717, 1.165) is 25.3 Å². The van der Waals surface area contributed by atoms with E-state index >= 15 is 0 Å². The number of hydrogen-bond acceptors (Lipinski definition) is 3. The molecule has 7 heteroatoms. The summed E-state index contributed by atoms with van der Waals surface area (Å²) in [5.74, 6) is 0.296. The predicted molar refractivity (Wildman–Crippen MR) is 75.3 cm³/mol. The Morgan fingerprint density at radius 1 is 1.35 bits per heavy atom. The predicted octanol–water partition coefficient (Wildman–Crippen LogP) is 3.53. The van der Waals surface area contributed by atoms with E-state index < -0.39 is 4.92 Å². The van der Waals surface area contributed by atoms with E-state index in [4.69, 9.17) is 23.2 Å². The summed E-state index contributed by atoms with van der Waals surface area (Å²) in [7, 11) is 0. The van der Waals surface area contributed by atoms with Crippen LogP contribution in [0.5, 0.6) is 0 Å². The molecule has 0 spiro atoms. The van der Waals surface area contributed by atoms with Crippen molar-refractivity contribution in [2.45, 2.75) is 25.3 Å². The van der Waals surface area contributed by atoms with Crippen molar-refractivity contribution in [3.05, 3.63) is 37.9 Å². The molecule has 1 heterocycles. The van der Waals surface area contributed by atoms with Crippen LogP contribution in [0.1, 0.15) is 29.6 Å². The van der Waals surface area contributed by atoms with Crippen molar-refractivity contribution in [3.8, 4) is 0 Å². The molecule has 1 aromatic carbocycles. The number of rotatable bonds is 2. The van der Waals surface area contributed by atoms with E-state index in [0.29, 0.717) is 12.5 Å². The number of piperidine rings is 1. The van der Waals surface area contributed by atoms with E-state index in [1.54, 1.807) is 4.90 Å². The number of benzene rings is 1. The van der Waals surface area contributed by atoms with Gasteiger partial charge in [-0.25, -0.2) is 0 Å². The maximum atomic E-state index is 12.5. The van der Waals surface area contributed by atoms with Crippen molar-refractivity contribution in [2.75, 3.05) is 6.54 Å². The molecule has 0 radical (unpaired) electrons. The highest BCUT2D eigenvalue weighted by Gasteiger charge is 2.41.